The molecule has 5 aromatic carbocycles. The van der Waals surface area contributed by atoms with E-state index in [0.29, 0.717) is 17.0 Å². The van der Waals surface area contributed by atoms with Gasteiger partial charge in [-0.2, -0.15) is 0 Å². The number of fused-ring (bicyclic) bond motifs is 1. The molecule has 0 saturated heterocycles. The summed E-state index contributed by atoms with van der Waals surface area (Å²) in [5, 5.41) is 11.6. The largest absolute Gasteiger partial charge is 0.507 e. The summed E-state index contributed by atoms with van der Waals surface area (Å²) >= 11 is 0. The number of pyridine rings is 1. The van der Waals surface area contributed by atoms with Crippen LogP contribution in [0.5, 0.6) is 5.75 Å². The van der Waals surface area contributed by atoms with Crippen molar-refractivity contribution in [3.8, 4) is 28.3 Å². The SMILES string of the molecule is CC(C)(C)c1cc(-c2nc3c(-c4cccc(C(c5ccccc5)(c5ccccc5)c5ccccn5)c4)cccc3o2)c(O)c(C(C)(C)C)c1. The molecule has 0 radical (unpaired) electrons. The summed E-state index contributed by atoms with van der Waals surface area (Å²) in [4.78, 5) is 10.1. The molecule has 0 bridgehead atoms. The minimum absolute atomic E-state index is 0.127. The fourth-order valence-electron chi connectivity index (χ4n) is 6.92. The van der Waals surface area contributed by atoms with Crippen molar-refractivity contribution in [2.75, 3.05) is 0 Å². The summed E-state index contributed by atoms with van der Waals surface area (Å²) < 4.78 is 6.46. The number of aromatic hydroxyl groups is 1. The topological polar surface area (TPSA) is 59.2 Å². The minimum atomic E-state index is -0.675. The molecule has 49 heavy (non-hydrogen) atoms. The lowest BCUT2D eigenvalue weighted by molar-refractivity contribution is 0.444. The first kappa shape index (κ1) is 32.1. The van der Waals surface area contributed by atoms with E-state index in [1.807, 2.05) is 30.5 Å². The second kappa shape index (κ2) is 12.2. The zero-order chi connectivity index (χ0) is 34.4. The van der Waals surface area contributed by atoms with Crippen molar-refractivity contribution >= 4 is 11.1 Å². The number of rotatable bonds is 6. The Morgan fingerprint density at radius 3 is 1.80 bits per heavy atom. The molecular weight excluding hydrogens is 601 g/mol. The summed E-state index contributed by atoms with van der Waals surface area (Å²) in [5.74, 6) is 0.616. The molecule has 0 atom stereocenters. The lowest BCUT2D eigenvalue weighted by Crippen LogP contribution is -2.32. The molecular formula is C45H42N2O2. The number of phenols is 1. The molecule has 4 heteroatoms. The fourth-order valence-corrected chi connectivity index (χ4v) is 6.92. The van der Waals surface area contributed by atoms with Crippen LogP contribution in [-0.4, -0.2) is 15.1 Å². The first-order valence-electron chi connectivity index (χ1n) is 16.9. The third-order valence-electron chi connectivity index (χ3n) is 9.50. The third kappa shape index (κ3) is 5.72. The van der Waals surface area contributed by atoms with Gasteiger partial charge in [0.05, 0.1) is 16.7 Å². The van der Waals surface area contributed by atoms with Crippen LogP contribution in [0, 0.1) is 0 Å². The Morgan fingerprint density at radius 2 is 1.18 bits per heavy atom. The maximum atomic E-state index is 11.6. The van der Waals surface area contributed by atoms with Gasteiger partial charge in [-0.15, -0.1) is 0 Å². The van der Waals surface area contributed by atoms with Gasteiger partial charge in [0, 0.05) is 17.3 Å². The van der Waals surface area contributed by atoms with Crippen molar-refractivity contribution in [2.45, 2.75) is 57.8 Å². The second-order valence-corrected chi connectivity index (χ2v) is 14.9. The van der Waals surface area contributed by atoms with Crippen LogP contribution >= 0.6 is 0 Å². The van der Waals surface area contributed by atoms with Crippen LogP contribution in [0.2, 0.25) is 0 Å². The first-order chi connectivity index (χ1) is 23.5. The number of nitrogens with zero attached hydrogens (tertiary/aromatic N) is 2. The number of oxazole rings is 1. The molecule has 2 heterocycles. The van der Waals surface area contributed by atoms with E-state index in [4.69, 9.17) is 14.4 Å². The molecule has 0 saturated carbocycles. The van der Waals surface area contributed by atoms with Crippen LogP contribution in [0.1, 0.15) is 75.1 Å². The lowest BCUT2D eigenvalue weighted by Gasteiger charge is -2.36. The van der Waals surface area contributed by atoms with Crippen LogP contribution in [-0.2, 0) is 16.2 Å². The Hall–Kier alpha value is -5.48. The Kier molecular flexibility index (Phi) is 7.99. The Balaban J connectivity index is 1.45. The van der Waals surface area contributed by atoms with Gasteiger partial charge >= 0.3 is 0 Å². The number of phenolic OH excluding ortho intramolecular Hbond substituents is 1. The highest BCUT2D eigenvalue weighted by molar-refractivity contribution is 5.93. The molecule has 0 fully saturated rings. The minimum Gasteiger partial charge on any atom is -0.507 e. The van der Waals surface area contributed by atoms with Gasteiger partial charge in [0.1, 0.15) is 11.3 Å². The average Bonchev–Trinajstić information content (AvgIpc) is 3.54. The van der Waals surface area contributed by atoms with Crippen molar-refractivity contribution in [1.82, 2.24) is 9.97 Å². The van der Waals surface area contributed by atoms with Gasteiger partial charge in [-0.3, -0.25) is 4.98 Å². The van der Waals surface area contributed by atoms with E-state index in [1.54, 1.807) is 0 Å². The van der Waals surface area contributed by atoms with Gasteiger partial charge in [0.2, 0.25) is 5.89 Å². The molecule has 244 valence electrons. The van der Waals surface area contributed by atoms with Crippen molar-refractivity contribution in [1.29, 1.82) is 0 Å². The number of para-hydroxylation sites is 1. The highest BCUT2D eigenvalue weighted by Gasteiger charge is 2.40. The maximum Gasteiger partial charge on any atom is 0.231 e. The maximum absolute atomic E-state index is 11.6. The van der Waals surface area contributed by atoms with E-state index < -0.39 is 5.41 Å². The van der Waals surface area contributed by atoms with Crippen LogP contribution in [0.25, 0.3) is 33.7 Å². The molecule has 0 aliphatic heterocycles. The van der Waals surface area contributed by atoms with E-state index in [-0.39, 0.29) is 16.6 Å². The molecule has 4 nitrogen and oxygen atoms in total. The van der Waals surface area contributed by atoms with Crippen LogP contribution in [0.15, 0.2) is 144 Å². The van der Waals surface area contributed by atoms with E-state index in [0.717, 1.165) is 50.2 Å². The first-order valence-corrected chi connectivity index (χ1v) is 16.9. The Morgan fingerprint density at radius 1 is 0.551 bits per heavy atom. The van der Waals surface area contributed by atoms with E-state index >= 15 is 0 Å². The summed E-state index contributed by atoms with van der Waals surface area (Å²) in [6.07, 6.45) is 1.87. The summed E-state index contributed by atoms with van der Waals surface area (Å²) in [6, 6.07) is 46.2. The van der Waals surface area contributed by atoms with E-state index in [1.165, 1.54) is 0 Å². The van der Waals surface area contributed by atoms with Gasteiger partial charge in [-0.1, -0.05) is 145 Å². The summed E-state index contributed by atoms with van der Waals surface area (Å²) in [6.45, 7) is 12.9. The average molecular weight is 643 g/mol. The molecule has 7 rings (SSSR count). The smallest absolute Gasteiger partial charge is 0.231 e. The Labute approximate surface area is 289 Å². The number of hydrogen-bond donors (Lipinski definition) is 1. The van der Waals surface area contributed by atoms with Crippen molar-refractivity contribution in [3.05, 3.63) is 173 Å². The number of benzene rings is 5. The molecule has 0 aliphatic carbocycles. The summed E-state index contributed by atoms with van der Waals surface area (Å²) in [5.41, 5.74) is 9.19. The Bertz CT molecular complexity index is 2140. The molecule has 1 N–H and O–H groups in total. The van der Waals surface area contributed by atoms with E-state index in [9.17, 15) is 5.11 Å². The zero-order valence-corrected chi connectivity index (χ0v) is 29.0. The number of hydrogen-bond acceptors (Lipinski definition) is 4. The van der Waals surface area contributed by atoms with E-state index in [2.05, 4.69) is 151 Å². The predicted molar refractivity (Wildman–Crippen MR) is 200 cm³/mol. The van der Waals surface area contributed by atoms with Crippen molar-refractivity contribution < 1.29 is 9.52 Å². The van der Waals surface area contributed by atoms with Gasteiger partial charge in [0.15, 0.2) is 5.58 Å². The van der Waals surface area contributed by atoms with Crippen molar-refractivity contribution in [2.24, 2.45) is 0 Å². The zero-order valence-electron chi connectivity index (χ0n) is 29.0. The fraction of sp³-hybridized carbons (Fsp3) is 0.200. The van der Waals surface area contributed by atoms with Gasteiger partial charge in [-0.05, 0) is 69.0 Å². The molecule has 0 spiro atoms. The van der Waals surface area contributed by atoms with Gasteiger partial charge < -0.3 is 9.52 Å². The standard InChI is InChI=1S/C45H42N2O2/c1-43(2,3)34-28-36(41(48)37(29-34)44(4,5)6)42-47-40-35(23-16-24-38(40)49-42)30-17-15-22-33(27-30)45(31-18-9-7-10-19-31,32-20-11-8-12-21-32)39-25-13-14-26-46-39/h7-29,48H,1-6H3. The van der Waals surface area contributed by atoms with Gasteiger partial charge in [0.25, 0.3) is 0 Å². The summed E-state index contributed by atoms with van der Waals surface area (Å²) in [7, 11) is 0. The number of aromatic nitrogens is 2. The lowest BCUT2D eigenvalue weighted by atomic mass is 9.66. The molecule has 0 aliphatic rings. The monoisotopic (exact) mass is 642 g/mol. The highest BCUT2D eigenvalue weighted by Crippen LogP contribution is 2.46. The van der Waals surface area contributed by atoms with Crippen LogP contribution in [0.4, 0.5) is 0 Å². The van der Waals surface area contributed by atoms with Crippen LogP contribution < -0.4 is 0 Å². The molecule has 2 aromatic heterocycles. The normalized spacial score (nSPS) is 12.4. The molecule has 0 amide bonds. The van der Waals surface area contributed by atoms with Crippen LogP contribution in [0.3, 0.4) is 0 Å². The molecule has 0 unspecified atom stereocenters. The molecule has 7 aromatic rings. The third-order valence-corrected chi connectivity index (χ3v) is 9.50. The second-order valence-electron chi connectivity index (χ2n) is 14.9. The highest BCUT2D eigenvalue weighted by atomic mass is 16.3. The predicted octanol–water partition coefficient (Wildman–Crippen LogP) is 11.2. The quantitative estimate of drug-likeness (QED) is 0.183. The van der Waals surface area contributed by atoms with Crippen molar-refractivity contribution in [3.63, 3.8) is 0 Å². The van der Waals surface area contributed by atoms with Gasteiger partial charge in [-0.25, -0.2) is 4.98 Å².